The molecule has 1 aliphatic heterocycles. The maximum absolute atomic E-state index is 11.4. The van der Waals surface area contributed by atoms with Gasteiger partial charge in [-0.15, -0.1) is 0 Å². The van der Waals surface area contributed by atoms with Crippen LogP contribution in [0, 0.1) is 5.92 Å². The van der Waals surface area contributed by atoms with Crippen molar-refractivity contribution in [1.29, 1.82) is 0 Å². The number of para-hydroxylation sites is 1. The lowest BCUT2D eigenvalue weighted by Gasteiger charge is -2.25. The Morgan fingerprint density at radius 2 is 2.35 bits per heavy atom. The molecule has 0 radical (unpaired) electrons. The number of rotatable bonds is 4. The number of hydrogen-bond donors (Lipinski definition) is 1. The van der Waals surface area contributed by atoms with Crippen molar-refractivity contribution in [2.45, 2.75) is 6.42 Å². The van der Waals surface area contributed by atoms with Gasteiger partial charge in [-0.05, 0) is 24.3 Å². The van der Waals surface area contributed by atoms with Crippen molar-refractivity contribution in [2.75, 3.05) is 25.2 Å². The van der Waals surface area contributed by atoms with E-state index >= 15 is 0 Å². The predicted molar refractivity (Wildman–Crippen MR) is 70.5 cm³/mol. The smallest absolute Gasteiger partial charge is 0.229 e. The van der Waals surface area contributed by atoms with E-state index in [0.717, 1.165) is 12.2 Å². The molecule has 1 aromatic rings. The molecule has 0 bridgehead atoms. The van der Waals surface area contributed by atoms with Gasteiger partial charge in [-0.1, -0.05) is 18.2 Å². The Labute approximate surface area is 106 Å². The van der Waals surface area contributed by atoms with E-state index in [-0.39, 0.29) is 5.91 Å². The van der Waals surface area contributed by atoms with Gasteiger partial charge in [0, 0.05) is 12.5 Å². The van der Waals surface area contributed by atoms with Crippen LogP contribution in [0.4, 0.5) is 0 Å². The lowest BCUT2D eigenvalue weighted by Crippen LogP contribution is -2.35. The largest absolute Gasteiger partial charge is 0.493 e. The van der Waals surface area contributed by atoms with Crippen LogP contribution in [0.25, 0.3) is 0 Å². The van der Waals surface area contributed by atoms with E-state index in [9.17, 15) is 4.79 Å². The Kier molecular flexibility index (Phi) is 4.31. The molecule has 0 saturated carbocycles. The third-order valence-electron chi connectivity index (χ3n) is 2.82. The number of amides is 1. The van der Waals surface area contributed by atoms with Gasteiger partial charge in [0.05, 0.1) is 12.4 Å². The highest BCUT2D eigenvalue weighted by Crippen LogP contribution is 2.26. The van der Waals surface area contributed by atoms with E-state index in [1.54, 1.807) is 11.8 Å². The molecule has 1 atom stereocenters. The first kappa shape index (κ1) is 12.3. The Morgan fingerprint density at radius 1 is 1.53 bits per heavy atom. The van der Waals surface area contributed by atoms with Gasteiger partial charge in [-0.3, -0.25) is 4.79 Å². The monoisotopic (exact) mass is 251 g/mol. The Bertz CT molecular complexity index is 395. The summed E-state index contributed by atoms with van der Waals surface area (Å²) in [4.78, 5) is 11.4. The molecule has 0 unspecified atom stereocenters. The third kappa shape index (κ3) is 3.40. The normalized spacial score (nSPS) is 18.1. The quantitative estimate of drug-likeness (QED) is 0.885. The molecule has 17 heavy (non-hydrogen) atoms. The molecule has 1 heterocycles. The number of carbonyl (C=O) groups excluding carboxylic acids is 1. The maximum atomic E-state index is 11.4. The van der Waals surface area contributed by atoms with Crippen molar-refractivity contribution < 1.29 is 9.53 Å². The second kappa shape index (κ2) is 5.96. The summed E-state index contributed by atoms with van der Waals surface area (Å²) in [5.41, 5.74) is 1.24. The van der Waals surface area contributed by atoms with Crippen LogP contribution in [-0.2, 0) is 11.2 Å². The molecule has 92 valence electrons. The maximum Gasteiger partial charge on any atom is 0.229 e. The van der Waals surface area contributed by atoms with Crippen LogP contribution in [0.5, 0.6) is 5.75 Å². The average molecular weight is 251 g/mol. The summed E-state index contributed by atoms with van der Waals surface area (Å²) in [5, 5.41) is 2.94. The van der Waals surface area contributed by atoms with E-state index in [0.29, 0.717) is 24.8 Å². The second-order valence-electron chi connectivity index (χ2n) is 4.23. The molecule has 3 nitrogen and oxygen atoms in total. The summed E-state index contributed by atoms with van der Waals surface area (Å²) in [6.07, 6.45) is 2.91. The van der Waals surface area contributed by atoms with Gasteiger partial charge in [0.2, 0.25) is 5.91 Å². The van der Waals surface area contributed by atoms with E-state index in [2.05, 4.69) is 11.4 Å². The zero-order valence-corrected chi connectivity index (χ0v) is 10.8. The molecule has 1 aromatic carbocycles. The lowest BCUT2D eigenvalue weighted by molar-refractivity contribution is -0.118. The molecule has 0 saturated heterocycles. The van der Waals surface area contributed by atoms with Crippen LogP contribution in [0.2, 0.25) is 0 Å². The van der Waals surface area contributed by atoms with Crippen LogP contribution < -0.4 is 10.1 Å². The third-order valence-corrected chi connectivity index (χ3v) is 3.37. The molecule has 0 aromatic heterocycles. The van der Waals surface area contributed by atoms with Crippen LogP contribution in [-0.4, -0.2) is 31.1 Å². The van der Waals surface area contributed by atoms with E-state index in [4.69, 9.17) is 4.74 Å². The minimum absolute atomic E-state index is 0.108. The second-order valence-corrected chi connectivity index (χ2v) is 5.09. The molecule has 1 aliphatic rings. The van der Waals surface area contributed by atoms with Crippen molar-refractivity contribution >= 4 is 17.7 Å². The van der Waals surface area contributed by atoms with Gasteiger partial charge >= 0.3 is 0 Å². The molecule has 0 spiro atoms. The lowest BCUT2D eigenvalue weighted by atomic mass is 9.97. The number of hydrogen-bond acceptors (Lipinski definition) is 3. The molecule has 2 rings (SSSR count). The van der Waals surface area contributed by atoms with E-state index < -0.39 is 0 Å². The van der Waals surface area contributed by atoms with Gasteiger partial charge < -0.3 is 10.1 Å². The highest BCUT2D eigenvalue weighted by atomic mass is 32.2. The summed E-state index contributed by atoms with van der Waals surface area (Å²) in [7, 11) is 0. The molecule has 0 fully saturated rings. The topological polar surface area (TPSA) is 38.3 Å². The van der Waals surface area contributed by atoms with Crippen LogP contribution in [0.3, 0.4) is 0 Å². The molecule has 0 aliphatic carbocycles. The summed E-state index contributed by atoms with van der Waals surface area (Å²) >= 11 is 1.54. The molecular formula is C13H17NO2S. The van der Waals surface area contributed by atoms with Crippen molar-refractivity contribution in [3.63, 3.8) is 0 Å². The van der Waals surface area contributed by atoms with Crippen molar-refractivity contribution in [3.05, 3.63) is 29.8 Å². The fraction of sp³-hybridized carbons (Fsp3) is 0.462. The minimum atomic E-state index is 0.108. The molecule has 1 N–H and O–H groups in total. The molecule has 1 amide bonds. The first-order valence-corrected chi connectivity index (χ1v) is 7.15. The number of nitrogens with one attached hydrogen (secondary N) is 1. The van der Waals surface area contributed by atoms with E-state index in [1.165, 1.54) is 5.56 Å². The highest BCUT2D eigenvalue weighted by molar-refractivity contribution is 7.99. The number of fused-ring (bicyclic) bond motifs is 1. The number of benzene rings is 1. The van der Waals surface area contributed by atoms with Crippen molar-refractivity contribution in [1.82, 2.24) is 5.32 Å². The van der Waals surface area contributed by atoms with Crippen LogP contribution >= 0.6 is 11.8 Å². The summed E-state index contributed by atoms with van der Waals surface area (Å²) in [5.74, 6) is 2.01. The van der Waals surface area contributed by atoms with Gasteiger partial charge in [0.25, 0.3) is 0 Å². The van der Waals surface area contributed by atoms with Crippen molar-refractivity contribution in [2.24, 2.45) is 5.92 Å². The van der Waals surface area contributed by atoms with Gasteiger partial charge in [0.1, 0.15) is 5.75 Å². The summed E-state index contributed by atoms with van der Waals surface area (Å²) in [6, 6.07) is 8.10. The van der Waals surface area contributed by atoms with Gasteiger partial charge in [0.15, 0.2) is 0 Å². The number of ether oxygens (including phenoxy) is 1. The Balaban J connectivity index is 1.84. The van der Waals surface area contributed by atoms with Crippen molar-refractivity contribution in [3.8, 4) is 5.75 Å². The first-order valence-electron chi connectivity index (χ1n) is 5.76. The first-order chi connectivity index (χ1) is 8.29. The zero-order chi connectivity index (χ0) is 12.1. The summed E-state index contributed by atoms with van der Waals surface area (Å²) < 4.78 is 5.67. The molecule has 4 heteroatoms. The minimum Gasteiger partial charge on any atom is -0.493 e. The van der Waals surface area contributed by atoms with Crippen LogP contribution in [0.15, 0.2) is 24.3 Å². The Hall–Kier alpha value is -1.16. The van der Waals surface area contributed by atoms with Crippen LogP contribution in [0.1, 0.15) is 5.56 Å². The average Bonchev–Trinajstić information content (AvgIpc) is 2.36. The fourth-order valence-electron chi connectivity index (χ4n) is 1.96. The van der Waals surface area contributed by atoms with E-state index in [1.807, 2.05) is 24.5 Å². The van der Waals surface area contributed by atoms with Gasteiger partial charge in [-0.25, -0.2) is 0 Å². The highest BCUT2D eigenvalue weighted by Gasteiger charge is 2.19. The fourth-order valence-corrected chi connectivity index (χ4v) is 2.33. The summed E-state index contributed by atoms with van der Waals surface area (Å²) in [6.45, 7) is 1.39. The SMILES string of the molecule is CSCC(=O)NC[C@H]1COc2ccccc2C1. The predicted octanol–water partition coefficient (Wildman–Crippen LogP) is 1.72. The van der Waals surface area contributed by atoms with Gasteiger partial charge in [-0.2, -0.15) is 11.8 Å². The number of thioether (sulfide) groups is 1. The Morgan fingerprint density at radius 3 is 3.18 bits per heavy atom. The molecular weight excluding hydrogens is 234 g/mol. The number of carbonyl (C=O) groups is 1. The standard InChI is InChI=1S/C13H17NO2S/c1-17-9-13(15)14-7-10-6-11-4-2-3-5-12(11)16-8-10/h2-5,10H,6-9H2,1H3,(H,14,15)/t10-/m0/s1. The zero-order valence-electron chi connectivity index (χ0n) is 9.94.